The van der Waals surface area contributed by atoms with Crippen molar-refractivity contribution in [1.29, 1.82) is 0 Å². The lowest BCUT2D eigenvalue weighted by Gasteiger charge is -2.16. The first-order valence-corrected chi connectivity index (χ1v) is 6.87. The molecule has 3 heteroatoms. The lowest BCUT2D eigenvalue weighted by molar-refractivity contribution is 0.531. The van der Waals surface area contributed by atoms with Crippen LogP contribution in [-0.4, -0.2) is 17.0 Å². The van der Waals surface area contributed by atoms with Gasteiger partial charge in [0.05, 0.1) is 0 Å². The van der Waals surface area contributed by atoms with Gasteiger partial charge in [0.1, 0.15) is 5.82 Å². The maximum absolute atomic E-state index is 4.76. The summed E-state index contributed by atoms with van der Waals surface area (Å²) in [6.07, 6.45) is 10.3. The Labute approximate surface area is 104 Å². The Hall–Kier alpha value is -0.960. The molecule has 17 heavy (non-hydrogen) atoms. The molecule has 0 saturated carbocycles. The highest BCUT2D eigenvalue weighted by molar-refractivity contribution is 5.23. The molecule has 2 rings (SSSR count). The third kappa shape index (κ3) is 3.03. The number of aromatic nitrogens is 2. The highest BCUT2D eigenvalue weighted by Crippen LogP contribution is 2.26. The largest absolute Gasteiger partial charge is 0.313 e. The van der Waals surface area contributed by atoms with Crippen LogP contribution in [0.2, 0.25) is 0 Å². The average Bonchev–Trinajstić information content (AvgIpc) is 2.57. The van der Waals surface area contributed by atoms with Crippen LogP contribution < -0.4 is 5.32 Å². The quantitative estimate of drug-likeness (QED) is 0.813. The minimum Gasteiger partial charge on any atom is -0.313 e. The first-order chi connectivity index (χ1) is 8.35. The number of nitrogens with one attached hydrogen (secondary N) is 1. The zero-order valence-electron chi connectivity index (χ0n) is 11.0. The Morgan fingerprint density at radius 1 is 1.41 bits per heavy atom. The van der Waals surface area contributed by atoms with Gasteiger partial charge in [0.15, 0.2) is 0 Å². The van der Waals surface area contributed by atoms with Crippen LogP contribution in [0.15, 0.2) is 6.20 Å². The fourth-order valence-electron chi connectivity index (χ4n) is 2.51. The Balaban J connectivity index is 2.21. The van der Waals surface area contributed by atoms with E-state index in [-0.39, 0.29) is 0 Å². The van der Waals surface area contributed by atoms with Gasteiger partial charge in [-0.05, 0) is 32.7 Å². The van der Waals surface area contributed by atoms with E-state index >= 15 is 0 Å². The van der Waals surface area contributed by atoms with Crippen LogP contribution in [-0.2, 0) is 12.8 Å². The Morgan fingerprint density at radius 3 is 3.06 bits per heavy atom. The van der Waals surface area contributed by atoms with Crippen molar-refractivity contribution in [3.05, 3.63) is 23.3 Å². The number of aryl methyl sites for hydroxylation is 2. The average molecular weight is 233 g/mol. The van der Waals surface area contributed by atoms with Crippen molar-refractivity contribution in [1.82, 2.24) is 15.3 Å². The first-order valence-electron chi connectivity index (χ1n) is 6.87. The molecule has 1 unspecified atom stereocenters. The van der Waals surface area contributed by atoms with Gasteiger partial charge in [0.25, 0.3) is 0 Å². The molecule has 0 fully saturated rings. The van der Waals surface area contributed by atoms with E-state index in [2.05, 4.69) is 23.4 Å². The van der Waals surface area contributed by atoms with Gasteiger partial charge in [-0.15, -0.1) is 0 Å². The van der Waals surface area contributed by atoms with Crippen molar-refractivity contribution in [2.75, 3.05) is 7.05 Å². The van der Waals surface area contributed by atoms with E-state index in [1.54, 1.807) is 0 Å². The number of unbranched alkanes of at least 4 members (excludes halogenated alkanes) is 1. The van der Waals surface area contributed by atoms with Gasteiger partial charge in [-0.1, -0.05) is 19.8 Å². The molecule has 1 aliphatic rings. The molecule has 1 aromatic heterocycles. The Morgan fingerprint density at radius 2 is 2.29 bits per heavy atom. The van der Waals surface area contributed by atoms with E-state index in [0.29, 0.717) is 6.04 Å². The third-order valence-corrected chi connectivity index (χ3v) is 3.58. The van der Waals surface area contributed by atoms with Gasteiger partial charge in [-0.3, -0.25) is 0 Å². The standard InChI is InChI=1S/C14H23N3/c1-3-4-9-14-16-10-11-12(15-2)7-5-6-8-13(11)17-14/h10,12,15H,3-9H2,1-2H3. The molecule has 0 radical (unpaired) electrons. The van der Waals surface area contributed by atoms with Crippen LogP contribution in [0.5, 0.6) is 0 Å². The van der Waals surface area contributed by atoms with Crippen LogP contribution >= 0.6 is 0 Å². The molecular weight excluding hydrogens is 210 g/mol. The predicted octanol–water partition coefficient (Wildman–Crippen LogP) is 2.81. The molecule has 0 amide bonds. The minimum absolute atomic E-state index is 0.452. The van der Waals surface area contributed by atoms with E-state index in [9.17, 15) is 0 Å². The van der Waals surface area contributed by atoms with E-state index < -0.39 is 0 Å². The normalized spacial score (nSPS) is 19.8. The van der Waals surface area contributed by atoms with E-state index in [1.165, 1.54) is 43.4 Å². The second-order valence-corrected chi connectivity index (χ2v) is 4.88. The number of hydrogen-bond acceptors (Lipinski definition) is 3. The number of rotatable bonds is 4. The zero-order valence-corrected chi connectivity index (χ0v) is 11.0. The molecule has 3 nitrogen and oxygen atoms in total. The van der Waals surface area contributed by atoms with Crippen molar-refractivity contribution < 1.29 is 0 Å². The van der Waals surface area contributed by atoms with E-state index in [4.69, 9.17) is 4.98 Å². The molecule has 0 saturated heterocycles. The Kier molecular flexibility index (Phi) is 4.49. The summed E-state index contributed by atoms with van der Waals surface area (Å²) in [7, 11) is 2.03. The van der Waals surface area contributed by atoms with Crippen LogP contribution in [0.1, 0.15) is 62.2 Å². The molecule has 0 spiro atoms. The van der Waals surface area contributed by atoms with Gasteiger partial charge in [-0.2, -0.15) is 0 Å². The first kappa shape index (κ1) is 12.5. The van der Waals surface area contributed by atoms with Crippen molar-refractivity contribution in [2.45, 2.75) is 57.9 Å². The Bertz CT molecular complexity index is 362. The lowest BCUT2D eigenvalue weighted by atomic mass is 10.1. The molecule has 1 aliphatic carbocycles. The molecule has 1 atom stereocenters. The molecule has 0 bridgehead atoms. The summed E-state index contributed by atoms with van der Waals surface area (Å²) in [4.78, 5) is 9.28. The summed E-state index contributed by atoms with van der Waals surface area (Å²) in [6.45, 7) is 2.21. The number of nitrogens with zero attached hydrogens (tertiary/aromatic N) is 2. The fraction of sp³-hybridized carbons (Fsp3) is 0.714. The van der Waals surface area contributed by atoms with Crippen molar-refractivity contribution in [3.8, 4) is 0 Å². The summed E-state index contributed by atoms with van der Waals surface area (Å²) < 4.78 is 0. The molecule has 0 aromatic carbocycles. The smallest absolute Gasteiger partial charge is 0.128 e. The fourth-order valence-corrected chi connectivity index (χ4v) is 2.51. The summed E-state index contributed by atoms with van der Waals surface area (Å²) >= 11 is 0. The topological polar surface area (TPSA) is 37.8 Å². The third-order valence-electron chi connectivity index (χ3n) is 3.58. The van der Waals surface area contributed by atoms with Crippen molar-refractivity contribution in [2.24, 2.45) is 0 Å². The summed E-state index contributed by atoms with van der Waals surface area (Å²) in [6, 6.07) is 0.452. The lowest BCUT2D eigenvalue weighted by Crippen LogP contribution is -2.18. The second-order valence-electron chi connectivity index (χ2n) is 4.88. The van der Waals surface area contributed by atoms with Crippen LogP contribution in [0.4, 0.5) is 0 Å². The van der Waals surface area contributed by atoms with Gasteiger partial charge < -0.3 is 5.32 Å². The van der Waals surface area contributed by atoms with Crippen LogP contribution in [0.25, 0.3) is 0 Å². The number of hydrogen-bond donors (Lipinski definition) is 1. The summed E-state index contributed by atoms with van der Waals surface area (Å²) in [5, 5.41) is 3.38. The van der Waals surface area contributed by atoms with Crippen molar-refractivity contribution in [3.63, 3.8) is 0 Å². The SMILES string of the molecule is CCCCc1ncc2c(n1)CCCCC2NC. The van der Waals surface area contributed by atoms with Crippen molar-refractivity contribution >= 4 is 0 Å². The van der Waals surface area contributed by atoms with Gasteiger partial charge >= 0.3 is 0 Å². The van der Waals surface area contributed by atoms with E-state index in [1.807, 2.05) is 7.05 Å². The van der Waals surface area contributed by atoms with Gasteiger partial charge in [0, 0.05) is 29.9 Å². The summed E-state index contributed by atoms with van der Waals surface area (Å²) in [5.41, 5.74) is 2.60. The predicted molar refractivity (Wildman–Crippen MR) is 70.0 cm³/mol. The van der Waals surface area contributed by atoms with E-state index in [0.717, 1.165) is 18.7 Å². The summed E-state index contributed by atoms with van der Waals surface area (Å²) in [5.74, 6) is 1.03. The molecule has 94 valence electrons. The van der Waals surface area contributed by atoms with Gasteiger partial charge in [-0.25, -0.2) is 9.97 Å². The maximum atomic E-state index is 4.76. The van der Waals surface area contributed by atoms with Crippen LogP contribution in [0, 0.1) is 0 Å². The number of fused-ring (bicyclic) bond motifs is 1. The molecule has 1 aromatic rings. The monoisotopic (exact) mass is 233 g/mol. The highest BCUT2D eigenvalue weighted by Gasteiger charge is 2.18. The minimum atomic E-state index is 0.452. The van der Waals surface area contributed by atoms with Gasteiger partial charge in [0.2, 0.25) is 0 Å². The molecule has 1 N–H and O–H groups in total. The maximum Gasteiger partial charge on any atom is 0.128 e. The molecule has 0 aliphatic heterocycles. The zero-order chi connectivity index (χ0) is 12.1. The molecule has 1 heterocycles. The second kappa shape index (κ2) is 6.10. The molecular formula is C14H23N3. The highest BCUT2D eigenvalue weighted by atomic mass is 14.9. The van der Waals surface area contributed by atoms with Crippen LogP contribution in [0.3, 0.4) is 0 Å².